The number of rotatable bonds is 8. The molecular weight excluding hydrogens is 376 g/mol. The highest BCUT2D eigenvalue weighted by Gasteiger charge is 2.17. The van der Waals surface area contributed by atoms with E-state index in [0.29, 0.717) is 23.6 Å². The van der Waals surface area contributed by atoms with Crippen molar-refractivity contribution in [1.82, 2.24) is 15.1 Å². The van der Waals surface area contributed by atoms with E-state index in [0.717, 1.165) is 24.1 Å². The minimum atomic E-state index is -0.385. The molecule has 3 aromatic rings. The normalized spacial score (nSPS) is 11.0. The van der Waals surface area contributed by atoms with E-state index in [1.165, 1.54) is 0 Å². The quantitative estimate of drug-likeness (QED) is 0.346. The van der Waals surface area contributed by atoms with Gasteiger partial charge in [-0.25, -0.2) is 4.68 Å². The van der Waals surface area contributed by atoms with Gasteiger partial charge in [-0.1, -0.05) is 43.7 Å². The first kappa shape index (κ1) is 20.9. The van der Waals surface area contributed by atoms with Crippen molar-refractivity contribution in [2.24, 2.45) is 0 Å². The maximum Gasteiger partial charge on any atom is 0.261 e. The van der Waals surface area contributed by atoms with Crippen molar-refractivity contribution in [3.05, 3.63) is 71.9 Å². The van der Waals surface area contributed by atoms with Crippen LogP contribution in [-0.4, -0.2) is 29.3 Å². The van der Waals surface area contributed by atoms with Gasteiger partial charge in [0.2, 0.25) is 0 Å². The molecule has 0 unspecified atom stereocenters. The number of carbonyl (C=O) groups excluding carboxylic acids is 1. The van der Waals surface area contributed by atoms with Crippen LogP contribution < -0.4 is 10.1 Å². The summed E-state index contributed by atoms with van der Waals surface area (Å²) in [5, 5.41) is 17.1. The molecule has 2 aromatic carbocycles. The molecule has 6 heteroatoms. The fourth-order valence-electron chi connectivity index (χ4n) is 3.03. The van der Waals surface area contributed by atoms with Crippen LogP contribution in [0.2, 0.25) is 0 Å². The largest absolute Gasteiger partial charge is 0.496 e. The van der Waals surface area contributed by atoms with Gasteiger partial charge in [0.15, 0.2) is 0 Å². The number of aromatic nitrogens is 2. The fourth-order valence-corrected chi connectivity index (χ4v) is 3.03. The third kappa shape index (κ3) is 4.76. The number of hydrogen-bond acceptors (Lipinski definition) is 4. The van der Waals surface area contributed by atoms with Crippen LogP contribution in [0.1, 0.15) is 25.3 Å². The molecular formula is C24H24N4O2. The predicted molar refractivity (Wildman–Crippen MR) is 117 cm³/mol. The molecule has 1 N–H and O–H groups in total. The van der Waals surface area contributed by atoms with Gasteiger partial charge >= 0.3 is 0 Å². The number of benzene rings is 2. The molecule has 1 amide bonds. The van der Waals surface area contributed by atoms with Crippen molar-refractivity contribution in [2.75, 3.05) is 13.7 Å². The zero-order chi connectivity index (χ0) is 21.3. The van der Waals surface area contributed by atoms with Crippen LogP contribution in [0.15, 0.2) is 66.4 Å². The third-order valence-corrected chi connectivity index (χ3v) is 4.61. The maximum atomic E-state index is 12.4. The van der Waals surface area contributed by atoms with Crippen molar-refractivity contribution in [3.63, 3.8) is 0 Å². The second-order valence-electron chi connectivity index (χ2n) is 6.69. The number of nitrogens with one attached hydrogen (secondary N) is 1. The molecule has 152 valence electrons. The third-order valence-electron chi connectivity index (χ3n) is 4.61. The van der Waals surface area contributed by atoms with Crippen molar-refractivity contribution in [2.45, 2.75) is 19.8 Å². The summed E-state index contributed by atoms with van der Waals surface area (Å²) >= 11 is 0. The Labute approximate surface area is 176 Å². The fraction of sp³-hybridized carbons (Fsp3) is 0.208. The summed E-state index contributed by atoms with van der Waals surface area (Å²) in [6.45, 7) is 2.59. The van der Waals surface area contributed by atoms with Crippen LogP contribution in [0.3, 0.4) is 0 Å². The van der Waals surface area contributed by atoms with Gasteiger partial charge in [0.25, 0.3) is 5.91 Å². The van der Waals surface area contributed by atoms with E-state index in [1.807, 2.05) is 73.8 Å². The Bertz CT molecular complexity index is 1080. The molecule has 0 aliphatic heterocycles. The SMILES string of the molecule is CCCCNC(=O)/C(C#N)=C/c1cn(-c2ccccc2)nc1-c1ccccc1OC. The highest BCUT2D eigenvalue weighted by molar-refractivity contribution is 6.02. The van der Waals surface area contributed by atoms with E-state index < -0.39 is 0 Å². The standard InChI is InChI=1S/C24H24N4O2/c1-3-4-14-26-24(29)18(16-25)15-19-17-28(20-10-6-5-7-11-20)27-23(19)21-12-8-9-13-22(21)30-2/h5-13,15,17H,3-4,14H2,1-2H3,(H,26,29)/b18-15+. The van der Waals surface area contributed by atoms with Crippen LogP contribution in [0, 0.1) is 11.3 Å². The zero-order valence-electron chi connectivity index (χ0n) is 17.1. The highest BCUT2D eigenvalue weighted by Crippen LogP contribution is 2.32. The molecule has 30 heavy (non-hydrogen) atoms. The molecule has 6 nitrogen and oxygen atoms in total. The average molecular weight is 400 g/mol. The number of amides is 1. The molecule has 0 bridgehead atoms. The summed E-state index contributed by atoms with van der Waals surface area (Å²) in [4.78, 5) is 12.4. The average Bonchev–Trinajstić information content (AvgIpc) is 3.21. The molecule has 1 aromatic heterocycles. The van der Waals surface area contributed by atoms with Gasteiger partial charge in [0.05, 0.1) is 12.8 Å². The van der Waals surface area contributed by atoms with Crippen LogP contribution in [-0.2, 0) is 4.79 Å². The van der Waals surface area contributed by atoms with Gasteiger partial charge in [-0.15, -0.1) is 0 Å². The monoisotopic (exact) mass is 400 g/mol. The van der Waals surface area contributed by atoms with Crippen molar-refractivity contribution < 1.29 is 9.53 Å². The molecule has 1 heterocycles. The summed E-state index contributed by atoms with van der Waals surface area (Å²) in [5.41, 5.74) is 2.98. The minimum absolute atomic E-state index is 0.0369. The van der Waals surface area contributed by atoms with Gasteiger partial charge < -0.3 is 10.1 Å². The van der Waals surface area contributed by atoms with E-state index in [1.54, 1.807) is 17.9 Å². The summed E-state index contributed by atoms with van der Waals surface area (Å²) in [5.74, 6) is 0.278. The summed E-state index contributed by atoms with van der Waals surface area (Å²) in [6, 6.07) is 19.2. The molecule has 0 radical (unpaired) electrons. The second kappa shape index (κ2) is 10.1. The Kier molecular flexibility index (Phi) is 7.01. The van der Waals surface area contributed by atoms with E-state index in [4.69, 9.17) is 9.84 Å². The lowest BCUT2D eigenvalue weighted by atomic mass is 10.0. The lowest BCUT2D eigenvalue weighted by molar-refractivity contribution is -0.117. The topological polar surface area (TPSA) is 79.9 Å². The number of hydrogen-bond donors (Lipinski definition) is 1. The summed E-state index contributed by atoms with van der Waals surface area (Å²) < 4.78 is 7.23. The lowest BCUT2D eigenvalue weighted by Crippen LogP contribution is -2.25. The van der Waals surface area contributed by atoms with Crippen LogP contribution in [0.25, 0.3) is 23.0 Å². The molecule has 0 aliphatic carbocycles. The molecule has 3 rings (SSSR count). The van der Waals surface area contributed by atoms with Gasteiger partial charge in [0, 0.05) is 23.9 Å². The molecule has 0 fully saturated rings. The van der Waals surface area contributed by atoms with Crippen molar-refractivity contribution in [3.8, 4) is 28.8 Å². The second-order valence-corrected chi connectivity index (χ2v) is 6.69. The number of para-hydroxylation sites is 2. The van der Waals surface area contributed by atoms with Crippen molar-refractivity contribution >= 4 is 12.0 Å². The summed E-state index contributed by atoms with van der Waals surface area (Å²) in [7, 11) is 1.60. The van der Waals surface area contributed by atoms with Crippen LogP contribution in [0.4, 0.5) is 0 Å². The van der Waals surface area contributed by atoms with Crippen LogP contribution >= 0.6 is 0 Å². The maximum absolute atomic E-state index is 12.4. The highest BCUT2D eigenvalue weighted by atomic mass is 16.5. The Morgan fingerprint density at radius 1 is 1.20 bits per heavy atom. The smallest absolute Gasteiger partial charge is 0.261 e. The van der Waals surface area contributed by atoms with Crippen molar-refractivity contribution in [1.29, 1.82) is 5.26 Å². The Hall–Kier alpha value is -3.85. The number of ether oxygens (including phenoxy) is 1. The Morgan fingerprint density at radius 2 is 1.93 bits per heavy atom. The molecule has 0 atom stereocenters. The summed E-state index contributed by atoms with van der Waals surface area (Å²) in [6.07, 6.45) is 5.22. The number of nitrogens with zero attached hydrogens (tertiary/aromatic N) is 3. The van der Waals surface area contributed by atoms with E-state index in [2.05, 4.69) is 5.32 Å². The Balaban J connectivity index is 2.09. The molecule has 0 aliphatic rings. The van der Waals surface area contributed by atoms with Gasteiger partial charge in [-0.3, -0.25) is 4.79 Å². The number of methoxy groups -OCH3 is 1. The predicted octanol–water partition coefficient (Wildman–Crippen LogP) is 4.37. The number of nitriles is 1. The molecule has 0 saturated carbocycles. The lowest BCUT2D eigenvalue weighted by Gasteiger charge is -2.07. The van der Waals surface area contributed by atoms with Crippen LogP contribution in [0.5, 0.6) is 5.75 Å². The number of unbranched alkanes of at least 4 members (excludes halogenated alkanes) is 1. The first-order valence-electron chi connectivity index (χ1n) is 9.86. The number of carbonyl (C=O) groups is 1. The molecule has 0 spiro atoms. The van der Waals surface area contributed by atoms with E-state index in [9.17, 15) is 10.1 Å². The first-order valence-corrected chi connectivity index (χ1v) is 9.86. The first-order chi connectivity index (χ1) is 14.7. The Morgan fingerprint density at radius 3 is 2.63 bits per heavy atom. The zero-order valence-corrected chi connectivity index (χ0v) is 17.1. The van der Waals surface area contributed by atoms with E-state index in [-0.39, 0.29) is 11.5 Å². The van der Waals surface area contributed by atoms with Gasteiger partial charge in [-0.2, -0.15) is 10.4 Å². The van der Waals surface area contributed by atoms with Gasteiger partial charge in [0.1, 0.15) is 23.1 Å². The minimum Gasteiger partial charge on any atom is -0.496 e. The van der Waals surface area contributed by atoms with E-state index >= 15 is 0 Å². The van der Waals surface area contributed by atoms with Gasteiger partial charge in [-0.05, 0) is 36.8 Å². The molecule has 0 saturated heterocycles.